The van der Waals surface area contributed by atoms with Gasteiger partial charge in [0.1, 0.15) is 5.56 Å². The Bertz CT molecular complexity index is 386. The molecule has 0 aromatic carbocycles. The molecule has 0 spiro atoms. The largest absolute Gasteiger partial charge is 0.337 e. The summed E-state index contributed by atoms with van der Waals surface area (Å²) in [6.45, 7) is 0. The number of H-pyrrole nitrogens is 1. The predicted octanol–water partition coefficient (Wildman–Crippen LogP) is 1.26. The monoisotopic (exact) mass is 191 g/mol. The predicted molar refractivity (Wildman–Crippen MR) is 37.4 cm³/mol. The van der Waals surface area contributed by atoms with E-state index in [1.165, 1.54) is 0 Å². The van der Waals surface area contributed by atoms with Crippen molar-refractivity contribution in [2.75, 3.05) is 0 Å². The SMILES string of the molecule is O=Cc1c(F)[nH]cc(C(F)F)c1=O. The highest BCUT2D eigenvalue weighted by Gasteiger charge is 2.17. The summed E-state index contributed by atoms with van der Waals surface area (Å²) in [7, 11) is 0. The van der Waals surface area contributed by atoms with Crippen LogP contribution in [0.4, 0.5) is 13.2 Å². The maximum Gasteiger partial charge on any atom is 0.269 e. The van der Waals surface area contributed by atoms with Crippen LogP contribution in [0.2, 0.25) is 0 Å². The van der Waals surface area contributed by atoms with Crippen LogP contribution < -0.4 is 5.43 Å². The second-order valence-corrected chi connectivity index (χ2v) is 2.22. The second-order valence-electron chi connectivity index (χ2n) is 2.22. The number of rotatable bonds is 2. The van der Waals surface area contributed by atoms with Crippen LogP contribution in [0.5, 0.6) is 0 Å². The molecule has 0 radical (unpaired) electrons. The van der Waals surface area contributed by atoms with Gasteiger partial charge in [0.05, 0.1) is 5.56 Å². The average Bonchev–Trinajstić information content (AvgIpc) is 2.04. The molecule has 0 unspecified atom stereocenters. The van der Waals surface area contributed by atoms with E-state index in [4.69, 9.17) is 0 Å². The highest BCUT2D eigenvalue weighted by molar-refractivity contribution is 5.74. The molecule has 13 heavy (non-hydrogen) atoms. The molecule has 1 aromatic rings. The van der Waals surface area contributed by atoms with E-state index in [9.17, 15) is 22.8 Å². The van der Waals surface area contributed by atoms with Gasteiger partial charge in [-0.3, -0.25) is 9.59 Å². The van der Waals surface area contributed by atoms with Crippen LogP contribution in [0.15, 0.2) is 11.0 Å². The summed E-state index contributed by atoms with van der Waals surface area (Å²) in [5, 5.41) is 0. The fraction of sp³-hybridized carbons (Fsp3) is 0.143. The molecular formula is C7H4F3NO2. The van der Waals surface area contributed by atoms with Crippen LogP contribution >= 0.6 is 0 Å². The van der Waals surface area contributed by atoms with E-state index in [1.807, 2.05) is 0 Å². The molecule has 70 valence electrons. The second kappa shape index (κ2) is 3.42. The highest BCUT2D eigenvalue weighted by atomic mass is 19.3. The Balaban J connectivity index is 3.45. The van der Waals surface area contributed by atoms with Crippen LogP contribution in [0.3, 0.4) is 0 Å². The molecule has 1 heterocycles. The molecule has 0 amide bonds. The van der Waals surface area contributed by atoms with Gasteiger partial charge in [-0.1, -0.05) is 0 Å². The van der Waals surface area contributed by atoms with Crippen LogP contribution in [-0.2, 0) is 0 Å². The Kier molecular flexibility index (Phi) is 2.50. The Morgan fingerprint density at radius 3 is 2.54 bits per heavy atom. The summed E-state index contributed by atoms with van der Waals surface area (Å²) in [6, 6.07) is 0. The van der Waals surface area contributed by atoms with Gasteiger partial charge in [0.25, 0.3) is 6.43 Å². The van der Waals surface area contributed by atoms with E-state index in [1.54, 1.807) is 4.98 Å². The van der Waals surface area contributed by atoms with E-state index < -0.39 is 28.9 Å². The standard InChI is InChI=1S/C7H4F3NO2/c8-6(9)3-1-11-7(10)4(2-12)5(3)13/h1-2,6H,(H,11,13). The molecule has 0 saturated carbocycles. The lowest BCUT2D eigenvalue weighted by Gasteiger charge is -1.99. The van der Waals surface area contributed by atoms with Gasteiger partial charge in [-0.15, -0.1) is 0 Å². The van der Waals surface area contributed by atoms with Gasteiger partial charge < -0.3 is 4.98 Å². The molecule has 1 rings (SSSR count). The molecule has 0 atom stereocenters. The van der Waals surface area contributed by atoms with Gasteiger partial charge in [0.2, 0.25) is 11.4 Å². The van der Waals surface area contributed by atoms with E-state index >= 15 is 0 Å². The van der Waals surface area contributed by atoms with Crippen LogP contribution in [0.1, 0.15) is 22.3 Å². The Morgan fingerprint density at radius 1 is 1.46 bits per heavy atom. The summed E-state index contributed by atoms with van der Waals surface area (Å²) in [5.41, 5.74) is -3.09. The molecule has 6 heteroatoms. The van der Waals surface area contributed by atoms with Crippen LogP contribution in [0, 0.1) is 5.95 Å². The third-order valence-corrected chi connectivity index (χ3v) is 1.45. The zero-order chi connectivity index (χ0) is 10.0. The lowest BCUT2D eigenvalue weighted by atomic mass is 10.2. The maximum absolute atomic E-state index is 12.6. The highest BCUT2D eigenvalue weighted by Crippen LogP contribution is 2.14. The van der Waals surface area contributed by atoms with E-state index in [-0.39, 0.29) is 6.29 Å². The van der Waals surface area contributed by atoms with Crippen molar-refractivity contribution >= 4 is 6.29 Å². The first-order chi connectivity index (χ1) is 6.07. The van der Waals surface area contributed by atoms with Gasteiger partial charge >= 0.3 is 0 Å². The van der Waals surface area contributed by atoms with Crippen molar-refractivity contribution in [3.63, 3.8) is 0 Å². The van der Waals surface area contributed by atoms with Crippen molar-refractivity contribution in [3.8, 4) is 0 Å². The quantitative estimate of drug-likeness (QED) is 0.565. The van der Waals surface area contributed by atoms with Crippen molar-refractivity contribution in [1.82, 2.24) is 4.98 Å². The molecule has 1 N–H and O–H groups in total. The first kappa shape index (κ1) is 9.50. The first-order valence-electron chi connectivity index (χ1n) is 3.22. The number of aromatic nitrogens is 1. The van der Waals surface area contributed by atoms with E-state index in [0.29, 0.717) is 6.20 Å². The average molecular weight is 191 g/mol. The third-order valence-electron chi connectivity index (χ3n) is 1.45. The Labute approximate surface area is 70.2 Å². The smallest absolute Gasteiger partial charge is 0.269 e. The number of carbonyl (C=O) groups excluding carboxylic acids is 1. The summed E-state index contributed by atoms with van der Waals surface area (Å²) >= 11 is 0. The maximum atomic E-state index is 12.6. The van der Waals surface area contributed by atoms with Crippen LogP contribution in [-0.4, -0.2) is 11.3 Å². The van der Waals surface area contributed by atoms with Crippen molar-refractivity contribution in [2.45, 2.75) is 6.43 Å². The fourth-order valence-electron chi connectivity index (χ4n) is 0.807. The number of nitrogens with one attached hydrogen (secondary N) is 1. The molecule has 0 aliphatic heterocycles. The third kappa shape index (κ3) is 1.61. The minimum absolute atomic E-state index is 0.0972. The number of hydrogen-bond donors (Lipinski definition) is 1. The number of hydrogen-bond acceptors (Lipinski definition) is 2. The number of aromatic amines is 1. The van der Waals surface area contributed by atoms with E-state index in [2.05, 4.69) is 0 Å². The number of halogens is 3. The molecule has 0 fully saturated rings. The number of carbonyl (C=O) groups is 1. The van der Waals surface area contributed by atoms with Gasteiger partial charge in [-0.05, 0) is 0 Å². The molecule has 0 aliphatic carbocycles. The molecule has 1 aromatic heterocycles. The van der Waals surface area contributed by atoms with Crippen molar-refractivity contribution < 1.29 is 18.0 Å². The summed E-state index contributed by atoms with van der Waals surface area (Å²) < 4.78 is 36.6. The number of alkyl halides is 2. The lowest BCUT2D eigenvalue weighted by Crippen LogP contribution is -2.17. The minimum atomic E-state index is -3.02. The van der Waals surface area contributed by atoms with Gasteiger partial charge in [0, 0.05) is 6.20 Å². The van der Waals surface area contributed by atoms with Gasteiger partial charge in [-0.2, -0.15) is 4.39 Å². The Morgan fingerprint density at radius 2 is 2.08 bits per heavy atom. The zero-order valence-electron chi connectivity index (χ0n) is 6.18. The Hall–Kier alpha value is -1.59. The zero-order valence-corrected chi connectivity index (χ0v) is 6.18. The van der Waals surface area contributed by atoms with Crippen molar-refractivity contribution in [2.24, 2.45) is 0 Å². The fourth-order valence-corrected chi connectivity index (χ4v) is 0.807. The number of pyridine rings is 1. The van der Waals surface area contributed by atoms with Gasteiger partial charge in [-0.25, -0.2) is 8.78 Å². The molecule has 0 aliphatic rings. The minimum Gasteiger partial charge on any atom is -0.337 e. The molecule has 0 bridgehead atoms. The molecule has 3 nitrogen and oxygen atoms in total. The first-order valence-corrected chi connectivity index (χ1v) is 3.22. The van der Waals surface area contributed by atoms with Crippen molar-refractivity contribution in [3.05, 3.63) is 33.5 Å². The number of aldehydes is 1. The summed E-state index contributed by atoms with van der Waals surface area (Å²) in [5.74, 6) is -1.20. The topological polar surface area (TPSA) is 49.9 Å². The molecular weight excluding hydrogens is 187 g/mol. The van der Waals surface area contributed by atoms with Crippen molar-refractivity contribution in [1.29, 1.82) is 0 Å². The van der Waals surface area contributed by atoms with Crippen LogP contribution in [0.25, 0.3) is 0 Å². The lowest BCUT2D eigenvalue weighted by molar-refractivity contribution is 0.111. The van der Waals surface area contributed by atoms with E-state index in [0.717, 1.165) is 0 Å². The summed E-state index contributed by atoms with van der Waals surface area (Å²) in [6.07, 6.45) is -2.57. The molecule has 0 saturated heterocycles. The van der Waals surface area contributed by atoms with Gasteiger partial charge in [0.15, 0.2) is 6.29 Å². The summed E-state index contributed by atoms with van der Waals surface area (Å²) in [4.78, 5) is 22.8. The normalized spacial score (nSPS) is 10.5.